The minimum atomic E-state index is -0.385. The summed E-state index contributed by atoms with van der Waals surface area (Å²) in [7, 11) is 0. The summed E-state index contributed by atoms with van der Waals surface area (Å²) in [6.45, 7) is 0. The summed E-state index contributed by atoms with van der Waals surface area (Å²) < 4.78 is 0.997. The first-order valence-corrected chi connectivity index (χ1v) is 8.46. The maximum Gasteiger partial charge on any atom is 0.269 e. The minimum absolute atomic E-state index is 0.120. The van der Waals surface area contributed by atoms with Gasteiger partial charge in [-0.05, 0) is 5.56 Å². The number of nitro groups is 1. The third kappa shape index (κ3) is 3.52. The second-order valence-electron chi connectivity index (χ2n) is 4.58. The molecule has 0 aliphatic carbocycles. The molecule has 0 spiro atoms. The van der Waals surface area contributed by atoms with Crippen molar-refractivity contribution in [1.82, 2.24) is 4.98 Å². The molecule has 0 unspecified atom stereocenters. The third-order valence-corrected chi connectivity index (χ3v) is 5.15. The highest BCUT2D eigenvalue weighted by Gasteiger charge is 2.07. The van der Waals surface area contributed by atoms with Crippen LogP contribution < -0.4 is 0 Å². The summed E-state index contributed by atoms with van der Waals surface area (Å²) in [6.07, 6.45) is 0. The van der Waals surface area contributed by atoms with E-state index in [1.165, 1.54) is 12.1 Å². The number of non-ortho nitro benzene ring substituents is 1. The molecule has 0 bridgehead atoms. The fraction of sp³-hybridized carbons (Fsp3) is 0.0625. The molecule has 0 saturated carbocycles. The number of nitrogens with zero attached hydrogens (tertiary/aromatic N) is 2. The number of rotatable bonds is 5. The maximum atomic E-state index is 10.6. The molecule has 0 radical (unpaired) electrons. The number of thiazole rings is 1. The molecule has 2 aromatic carbocycles. The van der Waals surface area contributed by atoms with E-state index >= 15 is 0 Å². The van der Waals surface area contributed by atoms with Crippen molar-refractivity contribution in [3.8, 4) is 11.3 Å². The molecule has 0 aliphatic rings. The lowest BCUT2D eigenvalue weighted by atomic mass is 10.2. The fourth-order valence-corrected chi connectivity index (χ4v) is 3.72. The Morgan fingerprint density at radius 2 is 1.82 bits per heavy atom. The molecule has 0 N–H and O–H groups in total. The van der Waals surface area contributed by atoms with Gasteiger partial charge in [-0.3, -0.25) is 10.1 Å². The van der Waals surface area contributed by atoms with E-state index in [0.29, 0.717) is 0 Å². The number of benzene rings is 2. The highest BCUT2D eigenvalue weighted by Crippen LogP contribution is 2.30. The molecular formula is C16H12N2O2S2. The van der Waals surface area contributed by atoms with Crippen LogP contribution in [0.25, 0.3) is 11.3 Å². The first-order valence-electron chi connectivity index (χ1n) is 6.59. The highest BCUT2D eigenvalue weighted by molar-refractivity contribution is 8.00. The normalized spacial score (nSPS) is 10.5. The van der Waals surface area contributed by atoms with Gasteiger partial charge in [0.2, 0.25) is 0 Å². The van der Waals surface area contributed by atoms with Gasteiger partial charge in [-0.15, -0.1) is 11.3 Å². The summed E-state index contributed by atoms with van der Waals surface area (Å²) in [4.78, 5) is 14.9. The molecule has 0 amide bonds. The quantitative estimate of drug-likeness (QED) is 0.375. The molecule has 22 heavy (non-hydrogen) atoms. The van der Waals surface area contributed by atoms with Crippen molar-refractivity contribution in [3.05, 3.63) is 75.7 Å². The molecule has 6 heteroatoms. The molecule has 110 valence electrons. The van der Waals surface area contributed by atoms with Crippen molar-refractivity contribution in [2.24, 2.45) is 0 Å². The molecule has 1 heterocycles. The summed E-state index contributed by atoms with van der Waals surface area (Å²) in [6, 6.07) is 16.7. The van der Waals surface area contributed by atoms with E-state index in [9.17, 15) is 10.1 Å². The molecule has 0 saturated heterocycles. The van der Waals surface area contributed by atoms with E-state index in [2.05, 4.69) is 4.98 Å². The lowest BCUT2D eigenvalue weighted by molar-refractivity contribution is -0.384. The van der Waals surface area contributed by atoms with Gasteiger partial charge < -0.3 is 0 Å². The van der Waals surface area contributed by atoms with Gasteiger partial charge in [0.15, 0.2) is 4.34 Å². The van der Waals surface area contributed by atoms with E-state index in [0.717, 1.165) is 26.9 Å². The van der Waals surface area contributed by atoms with Gasteiger partial charge in [-0.25, -0.2) is 4.98 Å². The summed E-state index contributed by atoms with van der Waals surface area (Å²) in [5.74, 6) is 0.750. The zero-order chi connectivity index (χ0) is 15.4. The van der Waals surface area contributed by atoms with Crippen LogP contribution in [0.2, 0.25) is 0 Å². The number of aromatic nitrogens is 1. The van der Waals surface area contributed by atoms with Crippen LogP contribution in [-0.4, -0.2) is 9.91 Å². The second-order valence-corrected chi connectivity index (χ2v) is 6.66. The molecule has 0 fully saturated rings. The summed E-state index contributed by atoms with van der Waals surface area (Å²) in [5.41, 5.74) is 3.26. The second kappa shape index (κ2) is 6.72. The van der Waals surface area contributed by atoms with Crippen molar-refractivity contribution >= 4 is 28.8 Å². The lowest BCUT2D eigenvalue weighted by Gasteiger charge is -1.99. The van der Waals surface area contributed by atoms with Crippen LogP contribution in [0.15, 0.2) is 64.3 Å². The van der Waals surface area contributed by atoms with Gasteiger partial charge in [-0.1, -0.05) is 54.2 Å². The Balaban J connectivity index is 1.65. The maximum absolute atomic E-state index is 10.6. The average Bonchev–Trinajstić information content (AvgIpc) is 3.03. The van der Waals surface area contributed by atoms with Crippen molar-refractivity contribution < 1.29 is 4.92 Å². The summed E-state index contributed by atoms with van der Waals surface area (Å²) >= 11 is 3.26. The Morgan fingerprint density at radius 1 is 1.09 bits per heavy atom. The van der Waals surface area contributed by atoms with Gasteiger partial charge >= 0.3 is 0 Å². The fourth-order valence-electron chi connectivity index (χ4n) is 1.92. The van der Waals surface area contributed by atoms with Crippen molar-refractivity contribution in [2.45, 2.75) is 10.1 Å². The first kappa shape index (κ1) is 14.7. The van der Waals surface area contributed by atoms with Gasteiger partial charge in [0.05, 0.1) is 10.6 Å². The smallest absolute Gasteiger partial charge is 0.258 e. The Labute approximate surface area is 136 Å². The van der Waals surface area contributed by atoms with E-state index < -0.39 is 0 Å². The van der Waals surface area contributed by atoms with E-state index in [1.807, 2.05) is 35.7 Å². The molecule has 1 aromatic heterocycles. The Bertz CT molecular complexity index is 770. The molecule has 3 aromatic rings. The van der Waals surface area contributed by atoms with Crippen molar-refractivity contribution in [2.75, 3.05) is 0 Å². The third-order valence-electron chi connectivity index (χ3n) is 3.06. The predicted octanol–water partition coefficient (Wildman–Crippen LogP) is 5.01. The molecular weight excluding hydrogens is 316 g/mol. The minimum Gasteiger partial charge on any atom is -0.258 e. The van der Waals surface area contributed by atoms with Crippen LogP contribution in [0.5, 0.6) is 0 Å². The molecule has 3 rings (SSSR count). The highest BCUT2D eigenvalue weighted by atomic mass is 32.2. The first-order chi connectivity index (χ1) is 10.7. The predicted molar refractivity (Wildman–Crippen MR) is 90.2 cm³/mol. The van der Waals surface area contributed by atoms with Crippen molar-refractivity contribution in [1.29, 1.82) is 0 Å². The molecule has 0 atom stereocenters. The summed E-state index contributed by atoms with van der Waals surface area (Å²) in [5, 5.41) is 12.7. The Kier molecular flexibility index (Phi) is 4.50. The van der Waals surface area contributed by atoms with E-state index in [4.69, 9.17) is 0 Å². The van der Waals surface area contributed by atoms with Crippen LogP contribution in [-0.2, 0) is 5.75 Å². The van der Waals surface area contributed by atoms with Crippen LogP contribution in [0.1, 0.15) is 5.56 Å². The van der Waals surface area contributed by atoms with Crippen LogP contribution in [0.3, 0.4) is 0 Å². The van der Waals surface area contributed by atoms with Crippen molar-refractivity contribution in [3.63, 3.8) is 0 Å². The number of thioether (sulfide) groups is 1. The van der Waals surface area contributed by atoms with E-state index in [-0.39, 0.29) is 10.6 Å². The standard InChI is InChI=1S/C16H12N2O2S2/c19-18(20)14-8-6-12(7-9-14)10-21-16-17-15(11-22-16)13-4-2-1-3-5-13/h1-9,11H,10H2. The zero-order valence-corrected chi connectivity index (χ0v) is 13.1. The Hall–Kier alpha value is -2.18. The van der Waals surface area contributed by atoms with Gasteiger partial charge in [0.25, 0.3) is 5.69 Å². The van der Waals surface area contributed by atoms with Gasteiger partial charge in [0, 0.05) is 28.8 Å². The number of nitro benzene ring substituents is 1. The SMILES string of the molecule is O=[N+]([O-])c1ccc(CSc2nc(-c3ccccc3)cs2)cc1. The van der Waals surface area contributed by atoms with Gasteiger partial charge in [-0.2, -0.15) is 0 Å². The zero-order valence-electron chi connectivity index (χ0n) is 11.5. The molecule has 4 nitrogen and oxygen atoms in total. The topological polar surface area (TPSA) is 56.0 Å². The van der Waals surface area contributed by atoms with Crippen LogP contribution >= 0.6 is 23.1 Å². The monoisotopic (exact) mass is 328 g/mol. The van der Waals surface area contributed by atoms with Crippen LogP contribution in [0, 0.1) is 10.1 Å². The average molecular weight is 328 g/mol. The largest absolute Gasteiger partial charge is 0.269 e. The van der Waals surface area contributed by atoms with Gasteiger partial charge in [0.1, 0.15) is 0 Å². The Morgan fingerprint density at radius 3 is 2.50 bits per heavy atom. The van der Waals surface area contributed by atoms with Crippen LogP contribution in [0.4, 0.5) is 5.69 Å². The number of hydrogen-bond acceptors (Lipinski definition) is 5. The lowest BCUT2D eigenvalue weighted by Crippen LogP contribution is -1.88. The van der Waals surface area contributed by atoms with E-state index in [1.54, 1.807) is 35.2 Å². The number of hydrogen-bond donors (Lipinski definition) is 0. The molecule has 0 aliphatic heterocycles.